The number of nitrogens with zero attached hydrogens (tertiary/aromatic N) is 2. The summed E-state index contributed by atoms with van der Waals surface area (Å²) in [5.41, 5.74) is 9.91. The van der Waals surface area contributed by atoms with Crippen LogP contribution in [-0.2, 0) is 17.9 Å². The zero-order valence-corrected chi connectivity index (χ0v) is 13.8. The fourth-order valence-corrected chi connectivity index (χ4v) is 2.57. The second-order valence-corrected chi connectivity index (χ2v) is 6.03. The third kappa shape index (κ3) is 3.63. The van der Waals surface area contributed by atoms with E-state index in [1.165, 1.54) is 5.56 Å². The lowest BCUT2D eigenvalue weighted by atomic mass is 10.1. The second-order valence-electron chi connectivity index (χ2n) is 6.03. The van der Waals surface area contributed by atoms with Gasteiger partial charge < -0.3 is 15.6 Å². The molecular formula is C19H22N4O. The summed E-state index contributed by atoms with van der Waals surface area (Å²) < 4.78 is 2.13. The summed E-state index contributed by atoms with van der Waals surface area (Å²) in [7, 11) is 0. The van der Waals surface area contributed by atoms with E-state index >= 15 is 0 Å². The lowest BCUT2D eigenvalue weighted by Crippen LogP contribution is -2.32. The van der Waals surface area contributed by atoms with Crippen LogP contribution in [0.4, 0.5) is 0 Å². The fourth-order valence-electron chi connectivity index (χ4n) is 2.57. The van der Waals surface area contributed by atoms with Crippen molar-refractivity contribution in [2.24, 2.45) is 11.7 Å². The average Bonchev–Trinajstić information content (AvgIpc) is 3.03. The van der Waals surface area contributed by atoms with Gasteiger partial charge in [-0.25, -0.2) is 4.98 Å². The Bertz CT molecular complexity index is 823. The molecule has 5 heteroatoms. The molecule has 24 heavy (non-hydrogen) atoms. The first kappa shape index (κ1) is 16.2. The van der Waals surface area contributed by atoms with E-state index in [0.717, 1.165) is 23.1 Å². The zero-order chi connectivity index (χ0) is 16.9. The number of carbonyl (C=O) groups excluding carboxylic acids is 1. The van der Waals surface area contributed by atoms with E-state index in [1.807, 2.05) is 43.6 Å². The molecule has 1 atom stereocenters. The van der Waals surface area contributed by atoms with Crippen molar-refractivity contribution >= 4 is 16.9 Å². The minimum atomic E-state index is -0.154. The Balaban J connectivity index is 1.63. The number of rotatable bonds is 6. The Morgan fingerprint density at radius 1 is 1.17 bits per heavy atom. The number of nitrogens with one attached hydrogen (secondary N) is 1. The summed E-state index contributed by atoms with van der Waals surface area (Å²) in [6.45, 7) is 3.49. The fraction of sp³-hybridized carbons (Fsp3) is 0.263. The maximum atomic E-state index is 11.7. The molecule has 0 bridgehead atoms. The van der Waals surface area contributed by atoms with Crippen LogP contribution in [0, 0.1) is 5.92 Å². The van der Waals surface area contributed by atoms with Gasteiger partial charge in [0.2, 0.25) is 5.91 Å². The number of amides is 1. The molecule has 5 nitrogen and oxygen atoms in total. The summed E-state index contributed by atoms with van der Waals surface area (Å²) in [4.78, 5) is 16.2. The van der Waals surface area contributed by atoms with Crippen LogP contribution in [0.5, 0.6) is 0 Å². The Morgan fingerprint density at radius 2 is 1.88 bits per heavy atom. The van der Waals surface area contributed by atoms with Crippen LogP contribution in [0.15, 0.2) is 54.9 Å². The first-order valence-corrected chi connectivity index (χ1v) is 8.13. The number of para-hydroxylation sites is 2. The number of aromatic nitrogens is 2. The molecule has 0 saturated heterocycles. The number of carbonyl (C=O) groups is 1. The van der Waals surface area contributed by atoms with E-state index in [4.69, 9.17) is 5.73 Å². The molecule has 3 aromatic rings. The molecule has 0 fully saturated rings. The summed E-state index contributed by atoms with van der Waals surface area (Å²) in [5.74, 6) is -0.162. The first-order valence-electron chi connectivity index (χ1n) is 8.13. The minimum absolute atomic E-state index is 0.00791. The molecular weight excluding hydrogens is 300 g/mol. The normalized spacial score (nSPS) is 12.2. The van der Waals surface area contributed by atoms with Crippen molar-refractivity contribution < 1.29 is 4.79 Å². The number of hydrogen-bond acceptors (Lipinski definition) is 3. The van der Waals surface area contributed by atoms with Crippen molar-refractivity contribution in [1.29, 1.82) is 0 Å². The van der Waals surface area contributed by atoms with Gasteiger partial charge in [0.15, 0.2) is 0 Å². The van der Waals surface area contributed by atoms with Crippen LogP contribution < -0.4 is 11.1 Å². The Morgan fingerprint density at radius 3 is 2.62 bits per heavy atom. The van der Waals surface area contributed by atoms with Crippen LogP contribution in [0.3, 0.4) is 0 Å². The van der Waals surface area contributed by atoms with Gasteiger partial charge in [-0.3, -0.25) is 4.79 Å². The largest absolute Gasteiger partial charge is 0.352 e. The van der Waals surface area contributed by atoms with E-state index < -0.39 is 0 Å². The molecule has 0 aliphatic rings. The monoisotopic (exact) mass is 322 g/mol. The number of fused-ring (bicyclic) bond motifs is 1. The van der Waals surface area contributed by atoms with E-state index in [1.54, 1.807) is 0 Å². The molecule has 0 spiro atoms. The standard InChI is InChI=1S/C19H22N4O/c1-14(10-20)19(24)21-11-15-6-8-16(9-7-15)12-23-13-22-17-4-2-3-5-18(17)23/h2-9,13-14H,10-12,20H2,1H3,(H,21,24). The zero-order valence-electron chi connectivity index (χ0n) is 13.8. The molecule has 0 radical (unpaired) electrons. The van der Waals surface area contributed by atoms with Crippen molar-refractivity contribution in [3.63, 3.8) is 0 Å². The van der Waals surface area contributed by atoms with E-state index in [9.17, 15) is 4.79 Å². The van der Waals surface area contributed by atoms with Gasteiger partial charge in [0.1, 0.15) is 0 Å². The minimum Gasteiger partial charge on any atom is -0.352 e. The molecule has 1 unspecified atom stereocenters. The topological polar surface area (TPSA) is 72.9 Å². The molecule has 1 heterocycles. The Kier molecular flexibility index (Phi) is 4.91. The molecule has 0 aliphatic heterocycles. The van der Waals surface area contributed by atoms with Crippen molar-refractivity contribution in [3.8, 4) is 0 Å². The Hall–Kier alpha value is -2.66. The van der Waals surface area contributed by atoms with Crippen LogP contribution >= 0.6 is 0 Å². The lowest BCUT2D eigenvalue weighted by molar-refractivity contribution is -0.124. The van der Waals surface area contributed by atoms with Gasteiger partial charge in [-0.15, -0.1) is 0 Å². The molecule has 2 aromatic carbocycles. The SMILES string of the molecule is CC(CN)C(=O)NCc1ccc(Cn2cnc3ccccc32)cc1. The predicted molar refractivity (Wildman–Crippen MR) is 95.3 cm³/mol. The third-order valence-electron chi connectivity index (χ3n) is 4.17. The molecule has 3 rings (SSSR count). The second kappa shape index (κ2) is 7.27. The van der Waals surface area contributed by atoms with Crippen LogP contribution in [0.25, 0.3) is 11.0 Å². The molecule has 124 valence electrons. The molecule has 0 saturated carbocycles. The molecule has 1 aromatic heterocycles. The smallest absolute Gasteiger partial charge is 0.224 e. The van der Waals surface area contributed by atoms with Crippen LogP contribution in [0.1, 0.15) is 18.1 Å². The number of hydrogen-bond donors (Lipinski definition) is 2. The highest BCUT2D eigenvalue weighted by Crippen LogP contribution is 2.14. The van der Waals surface area contributed by atoms with Gasteiger partial charge in [0.25, 0.3) is 0 Å². The van der Waals surface area contributed by atoms with Crippen LogP contribution in [-0.4, -0.2) is 22.0 Å². The highest BCUT2D eigenvalue weighted by molar-refractivity contribution is 5.78. The van der Waals surface area contributed by atoms with Crippen molar-refractivity contribution in [2.75, 3.05) is 6.54 Å². The van der Waals surface area contributed by atoms with E-state index in [0.29, 0.717) is 13.1 Å². The average molecular weight is 322 g/mol. The van der Waals surface area contributed by atoms with E-state index in [-0.39, 0.29) is 11.8 Å². The summed E-state index contributed by atoms with van der Waals surface area (Å²) in [6, 6.07) is 16.4. The third-order valence-corrected chi connectivity index (χ3v) is 4.17. The molecule has 0 aliphatic carbocycles. The van der Waals surface area contributed by atoms with Crippen molar-refractivity contribution in [2.45, 2.75) is 20.0 Å². The maximum absolute atomic E-state index is 11.7. The first-order chi connectivity index (χ1) is 11.7. The predicted octanol–water partition coefficient (Wildman–Crippen LogP) is 2.30. The van der Waals surface area contributed by atoms with Gasteiger partial charge in [-0.2, -0.15) is 0 Å². The highest BCUT2D eigenvalue weighted by Gasteiger charge is 2.09. The Labute approximate surface area is 141 Å². The van der Waals surface area contributed by atoms with Crippen molar-refractivity contribution in [3.05, 3.63) is 66.0 Å². The van der Waals surface area contributed by atoms with E-state index in [2.05, 4.69) is 33.1 Å². The van der Waals surface area contributed by atoms with Gasteiger partial charge in [-0.05, 0) is 23.3 Å². The van der Waals surface area contributed by atoms with Gasteiger partial charge >= 0.3 is 0 Å². The van der Waals surface area contributed by atoms with Gasteiger partial charge in [0, 0.05) is 25.6 Å². The lowest BCUT2D eigenvalue weighted by Gasteiger charge is -2.10. The van der Waals surface area contributed by atoms with Crippen LogP contribution in [0.2, 0.25) is 0 Å². The number of imidazole rings is 1. The number of benzene rings is 2. The number of nitrogens with two attached hydrogens (primary N) is 1. The van der Waals surface area contributed by atoms with Gasteiger partial charge in [-0.1, -0.05) is 43.3 Å². The summed E-state index contributed by atoms with van der Waals surface area (Å²) >= 11 is 0. The highest BCUT2D eigenvalue weighted by atomic mass is 16.1. The summed E-state index contributed by atoms with van der Waals surface area (Å²) in [6.07, 6.45) is 1.87. The summed E-state index contributed by atoms with van der Waals surface area (Å²) in [5, 5.41) is 2.90. The van der Waals surface area contributed by atoms with Crippen molar-refractivity contribution in [1.82, 2.24) is 14.9 Å². The molecule has 1 amide bonds. The molecule has 3 N–H and O–H groups in total. The quantitative estimate of drug-likeness (QED) is 0.731. The maximum Gasteiger partial charge on any atom is 0.224 e. The van der Waals surface area contributed by atoms with Gasteiger partial charge in [0.05, 0.1) is 17.4 Å².